The molecule has 1 unspecified atom stereocenters. The van der Waals surface area contributed by atoms with Crippen molar-refractivity contribution in [2.75, 3.05) is 0 Å². The molecule has 0 aliphatic heterocycles. The van der Waals surface area contributed by atoms with Gasteiger partial charge in [0.25, 0.3) is 11.6 Å². The molecule has 0 fully saturated rings. The third kappa shape index (κ3) is 4.43. The maximum Gasteiger partial charge on any atom is 0.391 e. The zero-order valence-electron chi connectivity index (χ0n) is 13.0. The van der Waals surface area contributed by atoms with Crippen LogP contribution < -0.4 is 5.32 Å². The van der Waals surface area contributed by atoms with E-state index in [1.54, 1.807) is 5.32 Å². The van der Waals surface area contributed by atoms with Crippen molar-refractivity contribution in [1.29, 1.82) is 0 Å². The van der Waals surface area contributed by atoms with Crippen LogP contribution in [0.1, 0.15) is 33.5 Å². The molecule has 0 spiro atoms. The Hall–Kier alpha value is -2.65. The predicted octanol–water partition coefficient (Wildman–Crippen LogP) is 2.66. The van der Waals surface area contributed by atoms with Gasteiger partial charge in [-0.15, -0.1) is 0 Å². The maximum absolute atomic E-state index is 12.4. The number of nitro groups is 1. The van der Waals surface area contributed by atoms with Gasteiger partial charge in [-0.2, -0.15) is 13.2 Å². The Labute approximate surface area is 134 Å². The second-order valence-electron chi connectivity index (χ2n) is 5.30. The minimum atomic E-state index is -4.79. The molecule has 24 heavy (non-hydrogen) atoms. The third-order valence-electron chi connectivity index (χ3n) is 3.38. The number of alkyl halides is 3. The van der Waals surface area contributed by atoms with Gasteiger partial charge in [0.15, 0.2) is 0 Å². The molecule has 0 aromatic heterocycles. The van der Waals surface area contributed by atoms with Crippen LogP contribution in [-0.4, -0.2) is 34.1 Å². The normalized spacial score (nSPS) is 12.6. The standard InChI is InChI=1S/C14H15F3N2O5/c1-6-4-7(2)11(19(23)24)8(3)10(6)12(20)18-9(13(21)22)5-14(15,16)17/h4,9H,5H2,1-3H3,(H,18,20)(H,21,22). The van der Waals surface area contributed by atoms with E-state index in [4.69, 9.17) is 5.11 Å². The number of benzene rings is 1. The van der Waals surface area contributed by atoms with Crippen LogP contribution in [-0.2, 0) is 4.79 Å². The van der Waals surface area contributed by atoms with Crippen LogP contribution in [0.5, 0.6) is 0 Å². The number of carboxylic acids is 1. The Morgan fingerprint density at radius 1 is 1.29 bits per heavy atom. The van der Waals surface area contributed by atoms with Crippen molar-refractivity contribution >= 4 is 17.6 Å². The van der Waals surface area contributed by atoms with Crippen LogP contribution in [0.4, 0.5) is 18.9 Å². The van der Waals surface area contributed by atoms with E-state index in [9.17, 15) is 32.9 Å². The molecule has 0 saturated heterocycles. The Morgan fingerprint density at radius 2 is 1.83 bits per heavy atom. The highest BCUT2D eigenvalue weighted by atomic mass is 19.4. The summed E-state index contributed by atoms with van der Waals surface area (Å²) in [5.41, 5.74) is 0.00110. The highest BCUT2D eigenvalue weighted by Gasteiger charge is 2.37. The number of carbonyl (C=O) groups excluding carboxylic acids is 1. The molecule has 0 aliphatic rings. The van der Waals surface area contributed by atoms with Crippen LogP contribution in [0, 0.1) is 30.9 Å². The minimum absolute atomic E-state index is 0.0360. The minimum Gasteiger partial charge on any atom is -0.480 e. The van der Waals surface area contributed by atoms with Gasteiger partial charge in [0, 0.05) is 11.1 Å². The maximum atomic E-state index is 12.4. The first kappa shape index (κ1) is 19.4. The number of aliphatic carboxylic acids is 1. The number of rotatable bonds is 5. The number of hydrogen-bond acceptors (Lipinski definition) is 4. The van der Waals surface area contributed by atoms with Crippen LogP contribution >= 0.6 is 0 Å². The van der Waals surface area contributed by atoms with Gasteiger partial charge >= 0.3 is 12.1 Å². The van der Waals surface area contributed by atoms with Gasteiger partial charge < -0.3 is 10.4 Å². The Kier molecular flexibility index (Phi) is 5.54. The number of halogens is 3. The number of hydrogen-bond donors (Lipinski definition) is 2. The fraction of sp³-hybridized carbons (Fsp3) is 0.429. The van der Waals surface area contributed by atoms with E-state index >= 15 is 0 Å². The smallest absolute Gasteiger partial charge is 0.391 e. The second-order valence-corrected chi connectivity index (χ2v) is 5.30. The molecule has 1 rings (SSSR count). The summed E-state index contributed by atoms with van der Waals surface area (Å²) in [7, 11) is 0. The van der Waals surface area contributed by atoms with E-state index in [0.717, 1.165) is 0 Å². The van der Waals surface area contributed by atoms with Crippen molar-refractivity contribution < 1.29 is 32.8 Å². The van der Waals surface area contributed by atoms with E-state index in [1.807, 2.05) is 0 Å². The summed E-state index contributed by atoms with van der Waals surface area (Å²) >= 11 is 0. The molecule has 1 atom stereocenters. The summed E-state index contributed by atoms with van der Waals surface area (Å²) in [5.74, 6) is -2.96. The van der Waals surface area contributed by atoms with Crippen molar-refractivity contribution in [1.82, 2.24) is 5.32 Å². The lowest BCUT2D eigenvalue weighted by Gasteiger charge is -2.18. The molecular weight excluding hydrogens is 333 g/mol. The highest BCUT2D eigenvalue weighted by molar-refractivity contribution is 6.00. The third-order valence-corrected chi connectivity index (χ3v) is 3.38. The number of carboxylic acid groups (broad SMARTS) is 1. The number of aryl methyl sites for hydroxylation is 2. The quantitative estimate of drug-likeness (QED) is 0.628. The van der Waals surface area contributed by atoms with E-state index in [-0.39, 0.29) is 22.4 Å². The van der Waals surface area contributed by atoms with E-state index in [2.05, 4.69) is 0 Å². The number of carbonyl (C=O) groups is 2. The summed E-state index contributed by atoms with van der Waals surface area (Å²) in [6.07, 6.45) is -6.54. The molecule has 0 bridgehead atoms. The zero-order valence-corrected chi connectivity index (χ0v) is 13.0. The monoisotopic (exact) mass is 348 g/mol. The molecule has 0 aliphatic carbocycles. The van der Waals surface area contributed by atoms with Crippen molar-refractivity contribution in [3.8, 4) is 0 Å². The molecule has 0 saturated carbocycles. The summed E-state index contributed by atoms with van der Waals surface area (Å²) in [6, 6.07) is -0.837. The lowest BCUT2D eigenvalue weighted by Crippen LogP contribution is -2.44. The number of nitrogens with zero attached hydrogens (tertiary/aromatic N) is 1. The van der Waals surface area contributed by atoms with Gasteiger partial charge in [0.2, 0.25) is 0 Å². The van der Waals surface area contributed by atoms with Crippen molar-refractivity contribution in [2.24, 2.45) is 0 Å². The second kappa shape index (κ2) is 6.85. The Balaban J connectivity index is 3.26. The van der Waals surface area contributed by atoms with Crippen LogP contribution in [0.2, 0.25) is 0 Å². The van der Waals surface area contributed by atoms with Crippen LogP contribution in [0.15, 0.2) is 6.07 Å². The van der Waals surface area contributed by atoms with E-state index in [1.165, 1.54) is 26.8 Å². The predicted molar refractivity (Wildman–Crippen MR) is 76.9 cm³/mol. The molecule has 0 heterocycles. The SMILES string of the molecule is Cc1cc(C)c([N+](=O)[O-])c(C)c1C(=O)NC(CC(F)(F)F)C(=O)O. The first-order chi connectivity index (χ1) is 10.8. The Morgan fingerprint density at radius 3 is 2.25 bits per heavy atom. The average molecular weight is 348 g/mol. The van der Waals surface area contributed by atoms with Crippen LogP contribution in [0.25, 0.3) is 0 Å². The summed E-state index contributed by atoms with van der Waals surface area (Å²) in [5, 5.41) is 21.7. The number of amides is 1. The first-order valence-corrected chi connectivity index (χ1v) is 6.70. The molecule has 0 radical (unpaired) electrons. The van der Waals surface area contributed by atoms with E-state index in [0.29, 0.717) is 5.56 Å². The van der Waals surface area contributed by atoms with Crippen molar-refractivity contribution in [3.63, 3.8) is 0 Å². The number of nitro benzene ring substituents is 1. The van der Waals surface area contributed by atoms with Crippen molar-refractivity contribution in [3.05, 3.63) is 38.4 Å². The fourth-order valence-electron chi connectivity index (χ4n) is 2.47. The van der Waals surface area contributed by atoms with Gasteiger partial charge in [-0.1, -0.05) is 0 Å². The molecule has 1 aromatic rings. The van der Waals surface area contributed by atoms with Gasteiger partial charge in [-0.25, -0.2) is 4.79 Å². The summed E-state index contributed by atoms with van der Waals surface area (Å²) in [4.78, 5) is 33.5. The van der Waals surface area contributed by atoms with Crippen molar-refractivity contribution in [2.45, 2.75) is 39.4 Å². The van der Waals surface area contributed by atoms with Gasteiger partial charge in [0.1, 0.15) is 6.04 Å². The Bertz CT molecular complexity index is 701. The van der Waals surface area contributed by atoms with Gasteiger partial charge in [-0.05, 0) is 32.4 Å². The topological polar surface area (TPSA) is 110 Å². The molecular formula is C14H15F3N2O5. The molecule has 7 nitrogen and oxygen atoms in total. The highest BCUT2D eigenvalue weighted by Crippen LogP contribution is 2.29. The van der Waals surface area contributed by atoms with Gasteiger partial charge in [0.05, 0.1) is 16.9 Å². The molecule has 1 amide bonds. The summed E-state index contributed by atoms with van der Waals surface area (Å²) in [6.45, 7) is 4.20. The van der Waals surface area contributed by atoms with Gasteiger partial charge in [-0.3, -0.25) is 14.9 Å². The lowest BCUT2D eigenvalue weighted by molar-refractivity contribution is -0.386. The van der Waals surface area contributed by atoms with E-state index < -0.39 is 35.4 Å². The molecule has 2 N–H and O–H groups in total. The molecule has 132 valence electrons. The zero-order chi connectivity index (χ0) is 18.8. The van der Waals surface area contributed by atoms with Crippen LogP contribution in [0.3, 0.4) is 0 Å². The fourth-order valence-corrected chi connectivity index (χ4v) is 2.47. The average Bonchev–Trinajstić information content (AvgIpc) is 2.34. The molecule has 1 aromatic carbocycles. The summed E-state index contributed by atoms with van der Waals surface area (Å²) < 4.78 is 37.2. The number of nitrogens with one attached hydrogen (secondary N) is 1. The first-order valence-electron chi connectivity index (χ1n) is 6.70. The largest absolute Gasteiger partial charge is 0.480 e. The lowest BCUT2D eigenvalue weighted by atomic mass is 9.96. The molecule has 10 heteroatoms.